The van der Waals surface area contributed by atoms with Gasteiger partial charge in [-0.15, -0.1) is 0 Å². The number of rotatable bonds is 7. The van der Waals surface area contributed by atoms with Gasteiger partial charge in [-0.1, -0.05) is 54.6 Å². The predicted octanol–water partition coefficient (Wildman–Crippen LogP) is 7.26. The first-order valence-electron chi connectivity index (χ1n) is 13.0. The van der Waals surface area contributed by atoms with E-state index in [9.17, 15) is 18.4 Å². The van der Waals surface area contributed by atoms with E-state index < -0.39 is 23.5 Å². The van der Waals surface area contributed by atoms with Crippen molar-refractivity contribution in [1.29, 1.82) is 0 Å². The number of hydrogen-bond donors (Lipinski definition) is 2. The van der Waals surface area contributed by atoms with Crippen LogP contribution < -0.4 is 5.32 Å². The number of aromatic nitrogens is 1. The van der Waals surface area contributed by atoms with Crippen molar-refractivity contribution in [2.75, 3.05) is 0 Å². The van der Waals surface area contributed by atoms with Gasteiger partial charge >= 0.3 is 5.97 Å². The first-order chi connectivity index (χ1) is 19.9. The van der Waals surface area contributed by atoms with Gasteiger partial charge in [0.2, 0.25) is 0 Å². The zero-order chi connectivity index (χ0) is 28.5. The van der Waals surface area contributed by atoms with E-state index in [2.05, 4.69) is 35.6 Å². The number of carbonyl (C=O) groups is 2. The predicted molar refractivity (Wildman–Crippen MR) is 154 cm³/mol. The summed E-state index contributed by atoms with van der Waals surface area (Å²) in [6.07, 6.45) is 4.07. The number of nitrogens with zero attached hydrogens (tertiary/aromatic N) is 1. The van der Waals surface area contributed by atoms with E-state index in [1.165, 1.54) is 12.1 Å². The van der Waals surface area contributed by atoms with Crippen LogP contribution >= 0.6 is 0 Å². The maximum Gasteiger partial charge on any atom is 0.335 e. The molecule has 2 heterocycles. The summed E-state index contributed by atoms with van der Waals surface area (Å²) < 4.78 is 30.6. The summed E-state index contributed by atoms with van der Waals surface area (Å²) in [5.41, 5.74) is 4.24. The fraction of sp³-hybridized carbons (Fsp3) is 0.0588. The van der Waals surface area contributed by atoms with E-state index in [1.54, 1.807) is 28.8 Å². The minimum atomic E-state index is -1.03. The Labute approximate surface area is 234 Å². The Morgan fingerprint density at radius 2 is 1.56 bits per heavy atom. The largest absolute Gasteiger partial charge is 0.478 e. The van der Waals surface area contributed by atoms with E-state index in [1.807, 2.05) is 24.4 Å². The molecule has 202 valence electrons. The number of nitrogens with one attached hydrogen (secondary N) is 1. The van der Waals surface area contributed by atoms with Crippen molar-refractivity contribution in [3.63, 3.8) is 0 Å². The Hall–Kier alpha value is -5.30. The molecule has 6 rings (SSSR count). The lowest BCUT2D eigenvalue weighted by Gasteiger charge is -2.13. The number of fused-ring (bicyclic) bond motifs is 2. The molecule has 2 aromatic heterocycles. The van der Waals surface area contributed by atoms with Crippen LogP contribution in [-0.2, 0) is 13.0 Å². The number of halogens is 2. The molecule has 7 heteroatoms. The van der Waals surface area contributed by atoms with E-state index in [0.717, 1.165) is 45.7 Å². The Bertz CT molecular complexity index is 1940. The highest BCUT2D eigenvalue weighted by atomic mass is 19.1. The standard InChI is InChI=1S/C34H24F2N2O3/c35-28-11-12-31(36)29(18-28)27-17-30(33(39)37-19-21-5-9-24(10-6-21)34(40)41)32-26(13-14-38(32)20-27)16-22-7-8-23-3-1-2-4-25(23)15-22/h1-15,17-18,20H,16,19H2,(H,37,39)(H,40,41). The molecule has 0 saturated carbocycles. The van der Waals surface area contributed by atoms with Crippen LogP contribution in [-0.4, -0.2) is 21.4 Å². The monoisotopic (exact) mass is 546 g/mol. The molecule has 0 unspecified atom stereocenters. The van der Waals surface area contributed by atoms with Gasteiger partial charge in [-0.2, -0.15) is 0 Å². The van der Waals surface area contributed by atoms with Crippen LogP contribution in [0.25, 0.3) is 27.4 Å². The summed E-state index contributed by atoms with van der Waals surface area (Å²) in [6.45, 7) is 0.157. The van der Waals surface area contributed by atoms with Gasteiger partial charge in [0.15, 0.2) is 0 Å². The number of carboxylic acid groups (broad SMARTS) is 1. The molecule has 4 aromatic carbocycles. The van der Waals surface area contributed by atoms with Gasteiger partial charge in [0.1, 0.15) is 11.6 Å². The molecule has 1 amide bonds. The second-order valence-corrected chi connectivity index (χ2v) is 9.91. The van der Waals surface area contributed by atoms with Crippen molar-refractivity contribution in [2.45, 2.75) is 13.0 Å². The number of aromatic carboxylic acids is 1. The molecule has 0 atom stereocenters. The first-order valence-corrected chi connectivity index (χ1v) is 13.0. The maximum absolute atomic E-state index is 14.7. The third-order valence-corrected chi connectivity index (χ3v) is 7.18. The molecule has 5 nitrogen and oxygen atoms in total. The van der Waals surface area contributed by atoms with E-state index in [4.69, 9.17) is 5.11 Å². The molecule has 0 aliphatic rings. The highest BCUT2D eigenvalue weighted by Crippen LogP contribution is 2.30. The van der Waals surface area contributed by atoms with Crippen LogP contribution in [0, 0.1) is 11.6 Å². The Kier molecular flexibility index (Phi) is 6.77. The number of amides is 1. The van der Waals surface area contributed by atoms with Gasteiger partial charge < -0.3 is 14.8 Å². The van der Waals surface area contributed by atoms with Crippen LogP contribution in [0.1, 0.15) is 37.4 Å². The normalized spacial score (nSPS) is 11.2. The van der Waals surface area contributed by atoms with Crippen LogP contribution in [0.3, 0.4) is 0 Å². The smallest absolute Gasteiger partial charge is 0.335 e. The molecule has 0 bridgehead atoms. The van der Waals surface area contributed by atoms with Crippen molar-refractivity contribution in [2.24, 2.45) is 0 Å². The topological polar surface area (TPSA) is 70.8 Å². The summed E-state index contributed by atoms with van der Waals surface area (Å²) in [7, 11) is 0. The fourth-order valence-electron chi connectivity index (χ4n) is 5.11. The van der Waals surface area contributed by atoms with Gasteiger partial charge in [0.05, 0.1) is 16.6 Å². The molecule has 0 aliphatic heterocycles. The van der Waals surface area contributed by atoms with Gasteiger partial charge in [0.25, 0.3) is 5.91 Å². The average Bonchev–Trinajstić information content (AvgIpc) is 3.39. The average molecular weight is 547 g/mol. The number of carbonyl (C=O) groups excluding carboxylic acids is 1. The van der Waals surface area contributed by atoms with Crippen molar-refractivity contribution in [3.05, 3.63) is 149 Å². The van der Waals surface area contributed by atoms with Crippen LogP contribution in [0.15, 0.2) is 109 Å². The lowest BCUT2D eigenvalue weighted by atomic mass is 9.99. The molecule has 2 N–H and O–H groups in total. The van der Waals surface area contributed by atoms with Crippen molar-refractivity contribution < 1.29 is 23.5 Å². The molecule has 41 heavy (non-hydrogen) atoms. The highest BCUT2D eigenvalue weighted by Gasteiger charge is 2.19. The zero-order valence-electron chi connectivity index (χ0n) is 21.8. The summed E-state index contributed by atoms with van der Waals surface area (Å²) in [6, 6.07) is 27.3. The van der Waals surface area contributed by atoms with Gasteiger partial charge in [0, 0.05) is 30.1 Å². The lowest BCUT2D eigenvalue weighted by molar-refractivity contribution is 0.0696. The molecule has 0 radical (unpaired) electrons. The minimum Gasteiger partial charge on any atom is -0.478 e. The molecule has 0 saturated heterocycles. The van der Waals surface area contributed by atoms with Crippen LogP contribution in [0.4, 0.5) is 8.78 Å². The van der Waals surface area contributed by atoms with Crippen molar-refractivity contribution in [3.8, 4) is 11.1 Å². The quantitative estimate of drug-likeness (QED) is 0.221. The summed E-state index contributed by atoms with van der Waals surface area (Å²) in [5.74, 6) is -2.60. The van der Waals surface area contributed by atoms with Gasteiger partial charge in [-0.05, 0) is 76.3 Å². The SMILES string of the molecule is O=C(O)c1ccc(CNC(=O)c2cc(-c3cc(F)ccc3F)cn3ccc(Cc4ccc5ccccc5c4)c23)cc1. The summed E-state index contributed by atoms with van der Waals surface area (Å²) in [4.78, 5) is 24.8. The third kappa shape index (κ3) is 5.30. The summed E-state index contributed by atoms with van der Waals surface area (Å²) in [5, 5.41) is 14.3. The second-order valence-electron chi connectivity index (χ2n) is 9.91. The van der Waals surface area contributed by atoms with Crippen molar-refractivity contribution in [1.82, 2.24) is 9.72 Å². The lowest BCUT2D eigenvalue weighted by Crippen LogP contribution is -2.23. The third-order valence-electron chi connectivity index (χ3n) is 7.18. The second kappa shape index (κ2) is 10.7. The first kappa shape index (κ1) is 26.0. The molecule has 0 aliphatic carbocycles. The van der Waals surface area contributed by atoms with Gasteiger partial charge in [-0.3, -0.25) is 4.79 Å². The Balaban J connectivity index is 1.40. The zero-order valence-corrected chi connectivity index (χ0v) is 21.8. The number of pyridine rings is 1. The van der Waals surface area contributed by atoms with E-state index in [-0.39, 0.29) is 17.7 Å². The van der Waals surface area contributed by atoms with Gasteiger partial charge in [-0.25, -0.2) is 13.6 Å². The van der Waals surface area contributed by atoms with Crippen molar-refractivity contribution >= 4 is 28.2 Å². The Morgan fingerprint density at radius 3 is 2.34 bits per heavy atom. The number of carboxylic acids is 1. The van der Waals surface area contributed by atoms with Crippen LogP contribution in [0.2, 0.25) is 0 Å². The summed E-state index contributed by atoms with van der Waals surface area (Å²) >= 11 is 0. The highest BCUT2D eigenvalue weighted by molar-refractivity contribution is 6.03. The van der Waals surface area contributed by atoms with E-state index in [0.29, 0.717) is 23.1 Å². The molecular weight excluding hydrogens is 522 g/mol. The maximum atomic E-state index is 14.7. The fourth-order valence-corrected chi connectivity index (χ4v) is 5.11. The molecule has 0 spiro atoms. The minimum absolute atomic E-state index is 0.0509. The Morgan fingerprint density at radius 1 is 0.805 bits per heavy atom. The molecular formula is C34H24F2N2O3. The number of benzene rings is 4. The number of hydrogen-bond acceptors (Lipinski definition) is 2. The molecule has 0 fully saturated rings. The van der Waals surface area contributed by atoms with Crippen LogP contribution in [0.5, 0.6) is 0 Å². The van der Waals surface area contributed by atoms with E-state index >= 15 is 0 Å². The molecule has 6 aromatic rings.